The van der Waals surface area contributed by atoms with Gasteiger partial charge in [0, 0.05) is 13.1 Å². The molecule has 0 saturated carbocycles. The number of thioether (sulfide) groups is 1. The number of aliphatic hydroxyl groups excluding tert-OH is 1. The van der Waals surface area contributed by atoms with Crippen LogP contribution in [0.25, 0.3) is 0 Å². The topological polar surface area (TPSA) is 75.8 Å². The number of rotatable bonds is 7. The number of hydrogen-bond donors (Lipinski definition) is 2. The van der Waals surface area contributed by atoms with Crippen molar-refractivity contribution in [2.75, 3.05) is 38.3 Å². The number of nitrogens with two attached hydrogens (primary N) is 1. The van der Waals surface area contributed by atoms with Crippen LogP contribution in [0.5, 0.6) is 0 Å². The second-order valence-electron chi connectivity index (χ2n) is 4.51. The van der Waals surface area contributed by atoms with Gasteiger partial charge in [-0.2, -0.15) is 11.8 Å². The van der Waals surface area contributed by atoms with Crippen LogP contribution in [0.4, 0.5) is 0 Å². The third kappa shape index (κ3) is 5.14. The molecule has 3 N–H and O–H groups in total. The lowest BCUT2D eigenvalue weighted by Crippen LogP contribution is -2.48. The molecule has 1 atom stereocenters. The van der Waals surface area contributed by atoms with Gasteiger partial charge in [0.25, 0.3) is 0 Å². The highest BCUT2D eigenvalue weighted by Crippen LogP contribution is 2.15. The first-order valence-corrected chi connectivity index (χ1v) is 7.84. The van der Waals surface area contributed by atoms with Gasteiger partial charge in [-0.3, -0.25) is 4.79 Å². The molecule has 1 heterocycles. The van der Waals surface area contributed by atoms with Crippen LogP contribution in [-0.2, 0) is 9.53 Å². The van der Waals surface area contributed by atoms with Crippen molar-refractivity contribution >= 4 is 17.7 Å². The SMILES string of the molecule is CSCC[C@H](N)C(=O)N1CCC(OCCO)CC1. The molecule has 0 aromatic carbocycles. The molecule has 1 fully saturated rings. The summed E-state index contributed by atoms with van der Waals surface area (Å²) < 4.78 is 5.46. The van der Waals surface area contributed by atoms with Gasteiger partial charge in [0.2, 0.25) is 5.91 Å². The van der Waals surface area contributed by atoms with Gasteiger partial charge in [0.15, 0.2) is 0 Å². The van der Waals surface area contributed by atoms with E-state index in [4.69, 9.17) is 15.6 Å². The van der Waals surface area contributed by atoms with E-state index in [1.165, 1.54) is 0 Å². The predicted molar refractivity (Wildman–Crippen MR) is 73.6 cm³/mol. The molecule has 1 rings (SSSR count). The average molecular weight is 276 g/mol. The molecule has 0 unspecified atom stereocenters. The Balaban J connectivity index is 2.26. The molecule has 106 valence electrons. The third-order valence-electron chi connectivity index (χ3n) is 3.15. The van der Waals surface area contributed by atoms with Crippen molar-refractivity contribution < 1.29 is 14.6 Å². The standard InChI is InChI=1S/C12H24N2O3S/c1-18-9-4-11(13)12(16)14-5-2-10(3-6-14)17-8-7-15/h10-11,15H,2-9,13H2,1H3/t11-/m0/s1. The molecular formula is C12H24N2O3S. The zero-order valence-corrected chi connectivity index (χ0v) is 11.8. The number of nitrogens with zero attached hydrogens (tertiary/aromatic N) is 1. The van der Waals surface area contributed by atoms with Gasteiger partial charge >= 0.3 is 0 Å². The van der Waals surface area contributed by atoms with Crippen LogP contribution in [-0.4, -0.2) is 66.4 Å². The number of piperidine rings is 1. The second-order valence-corrected chi connectivity index (χ2v) is 5.49. The van der Waals surface area contributed by atoms with E-state index in [0.29, 0.717) is 19.7 Å². The molecule has 0 spiro atoms. The fourth-order valence-corrected chi connectivity index (χ4v) is 2.55. The Labute approximate surface area is 113 Å². The molecule has 0 radical (unpaired) electrons. The number of likely N-dealkylation sites (tertiary alicyclic amines) is 1. The number of hydrogen-bond acceptors (Lipinski definition) is 5. The molecule has 0 bridgehead atoms. The summed E-state index contributed by atoms with van der Waals surface area (Å²) >= 11 is 1.71. The average Bonchev–Trinajstić information content (AvgIpc) is 2.42. The molecule has 1 saturated heterocycles. The predicted octanol–water partition coefficient (Wildman–Crippen LogP) is 0.0667. The zero-order chi connectivity index (χ0) is 13.4. The number of carbonyl (C=O) groups is 1. The summed E-state index contributed by atoms with van der Waals surface area (Å²) in [5.41, 5.74) is 5.88. The molecule has 1 aliphatic rings. The van der Waals surface area contributed by atoms with Gasteiger partial charge in [-0.15, -0.1) is 0 Å². The third-order valence-corrected chi connectivity index (χ3v) is 3.79. The van der Waals surface area contributed by atoms with Crippen molar-refractivity contribution in [3.05, 3.63) is 0 Å². The van der Waals surface area contributed by atoms with Crippen LogP contribution in [0.15, 0.2) is 0 Å². The molecule has 0 aromatic heterocycles. The van der Waals surface area contributed by atoms with Crippen LogP contribution in [0.3, 0.4) is 0 Å². The van der Waals surface area contributed by atoms with Crippen molar-refractivity contribution in [3.63, 3.8) is 0 Å². The molecule has 1 amide bonds. The number of ether oxygens (including phenoxy) is 1. The Kier molecular flexibility index (Phi) is 7.65. The van der Waals surface area contributed by atoms with E-state index in [2.05, 4.69) is 0 Å². The van der Waals surface area contributed by atoms with Gasteiger partial charge in [0.1, 0.15) is 0 Å². The molecule has 0 aliphatic carbocycles. The van der Waals surface area contributed by atoms with E-state index in [0.717, 1.165) is 25.0 Å². The fourth-order valence-electron chi connectivity index (χ4n) is 2.07. The lowest BCUT2D eigenvalue weighted by Gasteiger charge is -2.33. The van der Waals surface area contributed by atoms with Gasteiger partial charge in [-0.25, -0.2) is 0 Å². The maximum atomic E-state index is 12.0. The Morgan fingerprint density at radius 1 is 1.56 bits per heavy atom. The maximum Gasteiger partial charge on any atom is 0.239 e. The molecule has 18 heavy (non-hydrogen) atoms. The van der Waals surface area contributed by atoms with Crippen molar-refractivity contribution in [3.8, 4) is 0 Å². The van der Waals surface area contributed by atoms with Crippen LogP contribution in [0.1, 0.15) is 19.3 Å². The zero-order valence-electron chi connectivity index (χ0n) is 11.0. The Bertz CT molecular complexity index is 245. The summed E-state index contributed by atoms with van der Waals surface area (Å²) in [7, 11) is 0. The molecular weight excluding hydrogens is 252 g/mol. The summed E-state index contributed by atoms with van der Waals surface area (Å²) in [4.78, 5) is 13.9. The molecule has 5 nitrogen and oxygen atoms in total. The number of amides is 1. The Hall–Kier alpha value is -0.300. The minimum absolute atomic E-state index is 0.0543. The van der Waals surface area contributed by atoms with Gasteiger partial charge in [-0.05, 0) is 31.3 Å². The lowest BCUT2D eigenvalue weighted by atomic mass is 10.1. The van der Waals surface area contributed by atoms with Crippen molar-refractivity contribution in [1.29, 1.82) is 0 Å². The van der Waals surface area contributed by atoms with Gasteiger partial charge in [0.05, 0.1) is 25.4 Å². The summed E-state index contributed by atoms with van der Waals surface area (Å²) in [6.45, 7) is 1.86. The largest absolute Gasteiger partial charge is 0.394 e. The van der Waals surface area contributed by atoms with Crippen molar-refractivity contribution in [1.82, 2.24) is 4.90 Å². The van der Waals surface area contributed by atoms with E-state index < -0.39 is 0 Å². The fraction of sp³-hybridized carbons (Fsp3) is 0.917. The Morgan fingerprint density at radius 3 is 2.78 bits per heavy atom. The normalized spacial score (nSPS) is 18.9. The minimum atomic E-state index is -0.368. The van der Waals surface area contributed by atoms with Crippen molar-refractivity contribution in [2.24, 2.45) is 5.73 Å². The first-order valence-electron chi connectivity index (χ1n) is 6.44. The minimum Gasteiger partial charge on any atom is -0.394 e. The van der Waals surface area contributed by atoms with Crippen molar-refractivity contribution in [2.45, 2.75) is 31.4 Å². The smallest absolute Gasteiger partial charge is 0.239 e. The number of carbonyl (C=O) groups excluding carboxylic acids is 1. The highest BCUT2D eigenvalue weighted by molar-refractivity contribution is 7.98. The highest BCUT2D eigenvalue weighted by atomic mass is 32.2. The first kappa shape index (κ1) is 15.8. The molecule has 1 aliphatic heterocycles. The summed E-state index contributed by atoms with van der Waals surface area (Å²) in [6.07, 6.45) is 4.59. The molecule has 0 aromatic rings. The first-order chi connectivity index (χ1) is 8.69. The van der Waals surface area contributed by atoms with Crippen LogP contribution in [0, 0.1) is 0 Å². The summed E-state index contributed by atoms with van der Waals surface area (Å²) in [5, 5.41) is 8.68. The van der Waals surface area contributed by atoms with E-state index in [1.54, 1.807) is 11.8 Å². The van der Waals surface area contributed by atoms with Crippen LogP contribution < -0.4 is 5.73 Å². The quantitative estimate of drug-likeness (QED) is 0.688. The van der Waals surface area contributed by atoms with E-state index in [9.17, 15) is 4.79 Å². The van der Waals surface area contributed by atoms with Crippen LogP contribution in [0.2, 0.25) is 0 Å². The summed E-state index contributed by atoms with van der Waals surface area (Å²) in [6, 6.07) is -0.368. The van der Waals surface area contributed by atoms with E-state index >= 15 is 0 Å². The number of aliphatic hydroxyl groups is 1. The van der Waals surface area contributed by atoms with E-state index in [1.807, 2.05) is 11.2 Å². The molecule has 6 heteroatoms. The van der Waals surface area contributed by atoms with Crippen LogP contribution >= 0.6 is 11.8 Å². The summed E-state index contributed by atoms with van der Waals surface area (Å²) in [5.74, 6) is 0.979. The Morgan fingerprint density at radius 2 is 2.22 bits per heavy atom. The highest BCUT2D eigenvalue weighted by Gasteiger charge is 2.26. The monoisotopic (exact) mass is 276 g/mol. The van der Waals surface area contributed by atoms with Gasteiger partial charge < -0.3 is 20.5 Å². The maximum absolute atomic E-state index is 12.0. The van der Waals surface area contributed by atoms with E-state index in [-0.39, 0.29) is 24.7 Å². The lowest BCUT2D eigenvalue weighted by molar-refractivity contribution is -0.135. The van der Waals surface area contributed by atoms with Gasteiger partial charge in [-0.1, -0.05) is 0 Å². The second kappa shape index (κ2) is 8.74.